The minimum atomic E-state index is -0.264. The Morgan fingerprint density at radius 1 is 1.12 bits per heavy atom. The van der Waals surface area contributed by atoms with Gasteiger partial charge in [-0.1, -0.05) is 6.92 Å². The maximum Gasteiger partial charge on any atom is 0.125 e. The molecular weight excluding hydrogens is 329 g/mol. The van der Waals surface area contributed by atoms with Gasteiger partial charge in [-0.25, -0.2) is 9.37 Å². The number of ether oxygens (including phenoxy) is 1. The van der Waals surface area contributed by atoms with Gasteiger partial charge in [0.25, 0.3) is 0 Å². The summed E-state index contributed by atoms with van der Waals surface area (Å²) in [5, 5.41) is 5.70. The number of benzene rings is 2. The van der Waals surface area contributed by atoms with Gasteiger partial charge in [0.15, 0.2) is 0 Å². The number of likely N-dealkylation sites (tertiary alicyclic amines) is 1. The fourth-order valence-electron chi connectivity index (χ4n) is 3.78. The Morgan fingerprint density at radius 3 is 2.65 bits per heavy atom. The van der Waals surface area contributed by atoms with E-state index in [2.05, 4.69) is 22.1 Å². The van der Waals surface area contributed by atoms with Crippen molar-refractivity contribution in [2.45, 2.75) is 25.8 Å². The van der Waals surface area contributed by atoms with E-state index in [9.17, 15) is 4.39 Å². The molecule has 3 aromatic rings. The molecule has 2 heterocycles. The van der Waals surface area contributed by atoms with Gasteiger partial charge in [-0.3, -0.25) is 0 Å². The number of halogens is 1. The van der Waals surface area contributed by atoms with Crippen molar-refractivity contribution in [1.29, 1.82) is 0 Å². The average molecular weight is 353 g/mol. The average Bonchev–Trinajstić information content (AvgIpc) is 2.67. The van der Waals surface area contributed by atoms with Gasteiger partial charge in [0.05, 0.1) is 23.8 Å². The Kier molecular flexibility index (Phi) is 4.64. The Labute approximate surface area is 153 Å². The van der Waals surface area contributed by atoms with Gasteiger partial charge in [-0.15, -0.1) is 0 Å². The molecule has 1 aliphatic heterocycles. The third-order valence-corrected chi connectivity index (χ3v) is 5.33. The number of piperidine rings is 1. The monoisotopic (exact) mass is 353 g/mol. The number of hydrogen-bond donors (Lipinski definition) is 1. The molecule has 26 heavy (non-hydrogen) atoms. The minimum Gasteiger partial charge on any atom is -0.497 e. The molecule has 1 aliphatic rings. The highest BCUT2D eigenvalue weighted by Crippen LogP contribution is 2.34. The summed E-state index contributed by atoms with van der Waals surface area (Å²) >= 11 is 0. The summed E-state index contributed by atoms with van der Waals surface area (Å²) in [6, 6.07) is 11.1. The van der Waals surface area contributed by atoms with Gasteiger partial charge in [0.2, 0.25) is 0 Å². The van der Waals surface area contributed by atoms with Crippen molar-refractivity contribution in [1.82, 2.24) is 9.88 Å². The van der Waals surface area contributed by atoms with Gasteiger partial charge < -0.3 is 15.0 Å². The second-order valence-corrected chi connectivity index (χ2v) is 6.88. The number of rotatable bonds is 4. The summed E-state index contributed by atoms with van der Waals surface area (Å²) in [6.45, 7) is 5.52. The summed E-state index contributed by atoms with van der Waals surface area (Å²) in [6.07, 6.45) is 2.20. The van der Waals surface area contributed by atoms with Gasteiger partial charge in [-0.2, -0.15) is 0 Å². The van der Waals surface area contributed by atoms with Crippen LogP contribution in [0.1, 0.15) is 19.8 Å². The summed E-state index contributed by atoms with van der Waals surface area (Å²) in [5.41, 5.74) is 2.55. The molecule has 0 radical (unpaired) electrons. The van der Waals surface area contributed by atoms with Crippen LogP contribution in [0.4, 0.5) is 10.1 Å². The van der Waals surface area contributed by atoms with Crippen LogP contribution in [0.25, 0.3) is 21.8 Å². The second kappa shape index (κ2) is 7.08. The predicted molar refractivity (Wildman–Crippen MR) is 105 cm³/mol. The quantitative estimate of drug-likeness (QED) is 0.704. The molecule has 4 rings (SSSR count). The van der Waals surface area contributed by atoms with Crippen LogP contribution in [0.15, 0.2) is 36.4 Å². The first kappa shape index (κ1) is 17.0. The van der Waals surface area contributed by atoms with Crippen LogP contribution >= 0.6 is 0 Å². The molecule has 0 bridgehead atoms. The lowest BCUT2D eigenvalue weighted by atomic mass is 10.0. The number of pyridine rings is 1. The van der Waals surface area contributed by atoms with Crippen molar-refractivity contribution in [2.75, 3.05) is 32.1 Å². The normalized spacial score (nSPS) is 16.3. The zero-order chi connectivity index (χ0) is 18.1. The van der Waals surface area contributed by atoms with Gasteiger partial charge in [-0.05, 0) is 49.7 Å². The van der Waals surface area contributed by atoms with Crippen LogP contribution in [-0.4, -0.2) is 42.7 Å². The Hall–Kier alpha value is -2.40. The number of anilines is 1. The van der Waals surface area contributed by atoms with Gasteiger partial charge >= 0.3 is 0 Å². The topological polar surface area (TPSA) is 37.4 Å². The van der Waals surface area contributed by atoms with E-state index >= 15 is 0 Å². The van der Waals surface area contributed by atoms with E-state index in [1.807, 2.05) is 24.3 Å². The summed E-state index contributed by atoms with van der Waals surface area (Å²) < 4.78 is 19.1. The number of aromatic nitrogens is 1. The lowest BCUT2D eigenvalue weighted by Crippen LogP contribution is -2.38. The SMILES string of the molecule is CCN1CCC(Nc2c3ccc(F)cc3nc3ccc(OC)cc23)CC1. The molecule has 0 saturated carbocycles. The molecule has 2 aromatic carbocycles. The zero-order valence-electron chi connectivity index (χ0n) is 15.3. The molecule has 0 atom stereocenters. The number of nitrogens with zero attached hydrogens (tertiary/aromatic N) is 2. The minimum absolute atomic E-state index is 0.264. The molecule has 1 aromatic heterocycles. The number of hydrogen-bond acceptors (Lipinski definition) is 4. The standard InChI is InChI=1S/C21H24FN3O/c1-3-25-10-8-15(9-11-25)23-21-17-6-4-14(22)12-20(17)24-19-7-5-16(26-2)13-18(19)21/h4-7,12-13,15H,3,8-11H2,1-2H3,(H,23,24). The van der Waals surface area contributed by atoms with Gasteiger partial charge in [0, 0.05) is 36.0 Å². The first-order valence-electron chi connectivity index (χ1n) is 9.24. The van der Waals surface area contributed by atoms with E-state index in [1.54, 1.807) is 7.11 Å². The maximum absolute atomic E-state index is 13.7. The number of methoxy groups -OCH3 is 1. The highest BCUT2D eigenvalue weighted by atomic mass is 19.1. The van der Waals surface area contributed by atoms with E-state index in [-0.39, 0.29) is 5.82 Å². The van der Waals surface area contributed by atoms with Crippen LogP contribution in [0.5, 0.6) is 5.75 Å². The van der Waals surface area contributed by atoms with E-state index < -0.39 is 0 Å². The summed E-state index contributed by atoms with van der Waals surface area (Å²) in [5.74, 6) is 0.532. The molecule has 1 fully saturated rings. The lowest BCUT2D eigenvalue weighted by Gasteiger charge is -2.32. The van der Waals surface area contributed by atoms with E-state index in [0.717, 1.165) is 60.2 Å². The number of nitrogens with one attached hydrogen (secondary N) is 1. The molecule has 0 spiro atoms. The molecule has 5 heteroatoms. The summed E-state index contributed by atoms with van der Waals surface area (Å²) in [7, 11) is 1.67. The third-order valence-electron chi connectivity index (χ3n) is 5.33. The van der Waals surface area contributed by atoms with E-state index in [4.69, 9.17) is 4.74 Å². The third kappa shape index (κ3) is 3.19. The first-order valence-corrected chi connectivity index (χ1v) is 9.24. The highest BCUT2D eigenvalue weighted by molar-refractivity contribution is 6.07. The highest BCUT2D eigenvalue weighted by Gasteiger charge is 2.20. The van der Waals surface area contributed by atoms with Crippen LogP contribution in [0.2, 0.25) is 0 Å². The van der Waals surface area contributed by atoms with Crippen molar-refractivity contribution < 1.29 is 9.13 Å². The summed E-state index contributed by atoms with van der Waals surface area (Å²) in [4.78, 5) is 7.12. The van der Waals surface area contributed by atoms with Crippen LogP contribution in [0.3, 0.4) is 0 Å². The van der Waals surface area contributed by atoms with Crippen LogP contribution in [0, 0.1) is 5.82 Å². The van der Waals surface area contributed by atoms with Crippen molar-refractivity contribution in [2.24, 2.45) is 0 Å². The zero-order valence-corrected chi connectivity index (χ0v) is 15.3. The van der Waals surface area contributed by atoms with Crippen molar-refractivity contribution in [3.63, 3.8) is 0 Å². The van der Waals surface area contributed by atoms with Crippen molar-refractivity contribution in [3.8, 4) is 5.75 Å². The van der Waals surface area contributed by atoms with E-state index in [1.165, 1.54) is 12.1 Å². The molecule has 0 unspecified atom stereocenters. The molecule has 0 amide bonds. The second-order valence-electron chi connectivity index (χ2n) is 6.88. The van der Waals surface area contributed by atoms with Crippen molar-refractivity contribution >= 4 is 27.5 Å². The molecule has 1 N–H and O–H groups in total. The Bertz CT molecular complexity index is 935. The van der Waals surface area contributed by atoms with Crippen LogP contribution < -0.4 is 10.1 Å². The molecule has 0 aliphatic carbocycles. The Balaban J connectivity index is 1.80. The molecule has 136 valence electrons. The smallest absolute Gasteiger partial charge is 0.125 e. The van der Waals surface area contributed by atoms with E-state index in [0.29, 0.717) is 11.6 Å². The molecule has 1 saturated heterocycles. The maximum atomic E-state index is 13.7. The van der Waals surface area contributed by atoms with Gasteiger partial charge in [0.1, 0.15) is 11.6 Å². The Morgan fingerprint density at radius 2 is 1.92 bits per heavy atom. The molecule has 4 nitrogen and oxygen atoms in total. The largest absolute Gasteiger partial charge is 0.497 e. The predicted octanol–water partition coefficient (Wildman–Crippen LogP) is 4.43. The number of fused-ring (bicyclic) bond motifs is 2. The fourth-order valence-corrected chi connectivity index (χ4v) is 3.78. The fraction of sp³-hybridized carbons (Fsp3) is 0.381. The lowest BCUT2D eigenvalue weighted by molar-refractivity contribution is 0.230. The first-order chi connectivity index (χ1) is 12.7. The van der Waals surface area contributed by atoms with Crippen molar-refractivity contribution in [3.05, 3.63) is 42.2 Å². The molecular formula is C21H24FN3O. The van der Waals surface area contributed by atoms with Crippen LogP contribution in [-0.2, 0) is 0 Å².